The standard InChI is InChI=1S/C17H32N2O3/c1-5-12(3)15(20)10-18-16(21)14-8-7-9-19(11-14)17(22)13(4)6-2/h12-15,20H,5-11H2,1-4H3,(H,18,21). The smallest absolute Gasteiger partial charge is 0.225 e. The van der Waals surface area contributed by atoms with Crippen LogP contribution in [-0.2, 0) is 9.59 Å². The van der Waals surface area contributed by atoms with Crippen molar-refractivity contribution in [1.29, 1.82) is 0 Å². The van der Waals surface area contributed by atoms with Crippen molar-refractivity contribution in [2.24, 2.45) is 17.8 Å². The summed E-state index contributed by atoms with van der Waals surface area (Å²) in [4.78, 5) is 26.3. The topological polar surface area (TPSA) is 69.6 Å². The number of carbonyl (C=O) groups excluding carboxylic acids is 2. The molecular weight excluding hydrogens is 280 g/mol. The molecule has 1 aliphatic rings. The predicted octanol–water partition coefficient (Wildman–Crippen LogP) is 1.79. The molecule has 1 saturated heterocycles. The van der Waals surface area contributed by atoms with Crippen molar-refractivity contribution >= 4 is 11.8 Å². The Kier molecular flexibility index (Phi) is 7.87. The SMILES string of the molecule is CCC(C)C(=O)N1CCCC(C(=O)NCC(O)C(C)CC)C1. The van der Waals surface area contributed by atoms with Crippen LogP contribution in [0.15, 0.2) is 0 Å². The fourth-order valence-corrected chi connectivity index (χ4v) is 2.70. The van der Waals surface area contributed by atoms with Gasteiger partial charge in [-0.05, 0) is 25.2 Å². The monoisotopic (exact) mass is 312 g/mol. The minimum Gasteiger partial charge on any atom is -0.391 e. The lowest BCUT2D eigenvalue weighted by Crippen LogP contribution is -2.48. The fourth-order valence-electron chi connectivity index (χ4n) is 2.70. The van der Waals surface area contributed by atoms with Crippen LogP contribution < -0.4 is 5.32 Å². The lowest BCUT2D eigenvalue weighted by molar-refractivity contribution is -0.139. The van der Waals surface area contributed by atoms with Crippen molar-refractivity contribution in [1.82, 2.24) is 10.2 Å². The van der Waals surface area contributed by atoms with Crippen molar-refractivity contribution in [3.05, 3.63) is 0 Å². The third kappa shape index (κ3) is 5.27. The zero-order valence-corrected chi connectivity index (χ0v) is 14.5. The number of amides is 2. The van der Waals surface area contributed by atoms with Gasteiger partial charge in [0.1, 0.15) is 0 Å². The number of aliphatic hydroxyl groups is 1. The van der Waals surface area contributed by atoms with Crippen LogP contribution in [0, 0.1) is 17.8 Å². The average molecular weight is 312 g/mol. The van der Waals surface area contributed by atoms with E-state index in [0.29, 0.717) is 13.1 Å². The van der Waals surface area contributed by atoms with E-state index in [9.17, 15) is 14.7 Å². The summed E-state index contributed by atoms with van der Waals surface area (Å²) in [5.41, 5.74) is 0. The molecule has 5 heteroatoms. The molecule has 0 aromatic heterocycles. The number of aliphatic hydroxyl groups excluding tert-OH is 1. The highest BCUT2D eigenvalue weighted by molar-refractivity contribution is 5.82. The highest BCUT2D eigenvalue weighted by atomic mass is 16.3. The van der Waals surface area contributed by atoms with Gasteiger partial charge in [-0.1, -0.05) is 34.1 Å². The first-order valence-electron chi connectivity index (χ1n) is 8.65. The van der Waals surface area contributed by atoms with E-state index < -0.39 is 6.10 Å². The van der Waals surface area contributed by atoms with E-state index in [1.54, 1.807) is 0 Å². The third-order valence-corrected chi connectivity index (χ3v) is 4.92. The Morgan fingerprint density at radius 1 is 1.27 bits per heavy atom. The second-order valence-electron chi connectivity index (χ2n) is 6.63. The molecule has 1 fully saturated rings. The van der Waals surface area contributed by atoms with E-state index in [1.807, 2.05) is 32.6 Å². The molecule has 2 N–H and O–H groups in total. The van der Waals surface area contributed by atoms with Gasteiger partial charge in [0, 0.05) is 25.6 Å². The molecule has 22 heavy (non-hydrogen) atoms. The molecule has 0 bridgehead atoms. The number of rotatable bonds is 7. The van der Waals surface area contributed by atoms with E-state index in [-0.39, 0.29) is 29.6 Å². The Bertz CT molecular complexity index is 373. The van der Waals surface area contributed by atoms with Gasteiger partial charge in [0.15, 0.2) is 0 Å². The first-order valence-corrected chi connectivity index (χ1v) is 8.65. The summed E-state index contributed by atoms with van der Waals surface area (Å²) in [6.07, 6.45) is 2.89. The van der Waals surface area contributed by atoms with Crippen molar-refractivity contribution in [3.63, 3.8) is 0 Å². The second kappa shape index (κ2) is 9.13. The van der Waals surface area contributed by atoms with Gasteiger partial charge in [-0.2, -0.15) is 0 Å². The lowest BCUT2D eigenvalue weighted by atomic mass is 9.95. The summed E-state index contributed by atoms with van der Waals surface area (Å²) < 4.78 is 0. The van der Waals surface area contributed by atoms with Crippen LogP contribution in [0.1, 0.15) is 53.4 Å². The molecule has 0 aromatic rings. The molecule has 1 heterocycles. The van der Waals surface area contributed by atoms with Crippen molar-refractivity contribution in [2.75, 3.05) is 19.6 Å². The number of nitrogens with zero attached hydrogens (tertiary/aromatic N) is 1. The highest BCUT2D eigenvalue weighted by Crippen LogP contribution is 2.19. The molecule has 0 saturated carbocycles. The molecule has 2 amide bonds. The number of hydrogen-bond donors (Lipinski definition) is 2. The van der Waals surface area contributed by atoms with Crippen LogP contribution >= 0.6 is 0 Å². The fraction of sp³-hybridized carbons (Fsp3) is 0.882. The maximum Gasteiger partial charge on any atom is 0.225 e. The largest absolute Gasteiger partial charge is 0.391 e. The minimum absolute atomic E-state index is 0.0223. The average Bonchev–Trinajstić information content (AvgIpc) is 2.57. The Labute approximate surface area is 134 Å². The molecule has 128 valence electrons. The van der Waals surface area contributed by atoms with E-state index in [4.69, 9.17) is 0 Å². The maximum atomic E-state index is 12.3. The lowest BCUT2D eigenvalue weighted by Gasteiger charge is -2.33. The Morgan fingerprint density at radius 3 is 2.55 bits per heavy atom. The summed E-state index contributed by atoms with van der Waals surface area (Å²) in [5, 5.41) is 12.8. The second-order valence-corrected chi connectivity index (χ2v) is 6.63. The number of hydrogen-bond acceptors (Lipinski definition) is 3. The van der Waals surface area contributed by atoms with E-state index in [0.717, 1.165) is 32.2 Å². The summed E-state index contributed by atoms with van der Waals surface area (Å²) >= 11 is 0. The van der Waals surface area contributed by atoms with Gasteiger partial charge < -0.3 is 15.3 Å². The number of nitrogens with one attached hydrogen (secondary N) is 1. The number of piperidine rings is 1. The van der Waals surface area contributed by atoms with Crippen LogP contribution in [0.2, 0.25) is 0 Å². The predicted molar refractivity (Wildman–Crippen MR) is 87.2 cm³/mol. The molecule has 0 aromatic carbocycles. The van der Waals surface area contributed by atoms with Crippen molar-refractivity contribution < 1.29 is 14.7 Å². The van der Waals surface area contributed by atoms with Crippen LogP contribution in [0.3, 0.4) is 0 Å². The quantitative estimate of drug-likeness (QED) is 0.753. The van der Waals surface area contributed by atoms with E-state index >= 15 is 0 Å². The first-order chi connectivity index (χ1) is 10.4. The summed E-state index contributed by atoms with van der Waals surface area (Å²) in [7, 11) is 0. The van der Waals surface area contributed by atoms with Crippen LogP contribution in [-0.4, -0.2) is 47.6 Å². The normalized spacial score (nSPS) is 22.8. The van der Waals surface area contributed by atoms with Gasteiger partial charge in [-0.25, -0.2) is 0 Å². The van der Waals surface area contributed by atoms with Gasteiger partial charge in [0.2, 0.25) is 11.8 Å². The van der Waals surface area contributed by atoms with Gasteiger partial charge in [0.05, 0.1) is 12.0 Å². The summed E-state index contributed by atoms with van der Waals surface area (Å²) in [5.74, 6) is 0.165. The molecule has 4 atom stereocenters. The molecule has 5 nitrogen and oxygen atoms in total. The van der Waals surface area contributed by atoms with Crippen LogP contribution in [0.25, 0.3) is 0 Å². The van der Waals surface area contributed by atoms with Gasteiger partial charge in [-0.3, -0.25) is 9.59 Å². The van der Waals surface area contributed by atoms with E-state index in [2.05, 4.69) is 5.32 Å². The van der Waals surface area contributed by atoms with Gasteiger partial charge >= 0.3 is 0 Å². The van der Waals surface area contributed by atoms with Gasteiger partial charge in [0.25, 0.3) is 0 Å². The summed E-state index contributed by atoms with van der Waals surface area (Å²) in [6, 6.07) is 0. The Morgan fingerprint density at radius 2 is 1.95 bits per heavy atom. The number of likely N-dealkylation sites (tertiary alicyclic amines) is 1. The molecule has 4 unspecified atom stereocenters. The zero-order valence-electron chi connectivity index (χ0n) is 14.5. The zero-order chi connectivity index (χ0) is 16.7. The van der Waals surface area contributed by atoms with Crippen molar-refractivity contribution in [2.45, 2.75) is 59.5 Å². The summed E-state index contributed by atoms with van der Waals surface area (Å²) in [6.45, 7) is 9.50. The molecule has 1 aliphatic heterocycles. The molecule has 1 rings (SSSR count). The maximum absolute atomic E-state index is 12.3. The highest BCUT2D eigenvalue weighted by Gasteiger charge is 2.30. The van der Waals surface area contributed by atoms with Crippen LogP contribution in [0.5, 0.6) is 0 Å². The number of carbonyl (C=O) groups is 2. The minimum atomic E-state index is -0.504. The van der Waals surface area contributed by atoms with Crippen molar-refractivity contribution in [3.8, 4) is 0 Å². The molecule has 0 spiro atoms. The Balaban J connectivity index is 2.47. The first kappa shape index (κ1) is 18.9. The van der Waals surface area contributed by atoms with Gasteiger partial charge in [-0.15, -0.1) is 0 Å². The van der Waals surface area contributed by atoms with Crippen LogP contribution in [0.4, 0.5) is 0 Å². The Hall–Kier alpha value is -1.10. The molecule has 0 aliphatic carbocycles. The molecule has 0 radical (unpaired) electrons. The van der Waals surface area contributed by atoms with E-state index in [1.165, 1.54) is 0 Å². The molecular formula is C17H32N2O3. The third-order valence-electron chi connectivity index (χ3n) is 4.92.